The zero-order valence-corrected chi connectivity index (χ0v) is 16.4. The largest absolute Gasteiger partial charge is 0.474 e. The third kappa shape index (κ3) is 4.75. The fourth-order valence-electron chi connectivity index (χ4n) is 2.21. The molecule has 2 bridgehead atoms. The number of fused-ring (bicyclic) bond motifs is 3. The second kappa shape index (κ2) is 7.97. The lowest BCUT2D eigenvalue weighted by Gasteiger charge is -2.43. The van der Waals surface area contributed by atoms with E-state index in [9.17, 15) is 13.9 Å². The molecule has 0 radical (unpaired) electrons. The Labute approximate surface area is 155 Å². The van der Waals surface area contributed by atoms with Crippen molar-refractivity contribution >= 4 is 21.5 Å². The minimum absolute atomic E-state index is 0.0877. The number of nitrogens with zero attached hydrogens (tertiary/aromatic N) is 2. The average Bonchev–Trinajstić information content (AvgIpc) is 3.20. The van der Waals surface area contributed by atoms with Crippen LogP contribution in [-0.4, -0.2) is 54.9 Å². The molecule has 11 nitrogen and oxygen atoms in total. The van der Waals surface area contributed by atoms with Gasteiger partial charge in [-0.1, -0.05) is 6.58 Å². The Hall–Kier alpha value is -1.32. The highest BCUT2D eigenvalue weighted by molar-refractivity contribution is 7.52. The van der Waals surface area contributed by atoms with Crippen molar-refractivity contribution in [3.8, 4) is 0 Å². The van der Waals surface area contributed by atoms with Gasteiger partial charge in [-0.15, -0.1) is 0 Å². The Kier molecular flexibility index (Phi) is 6.02. The first-order valence-electron chi connectivity index (χ1n) is 8.00. The number of esters is 1. The number of aromatic nitrogens is 2. The van der Waals surface area contributed by atoms with Crippen molar-refractivity contribution in [1.29, 1.82) is 0 Å². The standard InChI is InChI=1S/C14H20N2O9P2/c1-12(2)13(17)20-5-6-21-26(18,16-4-3-15-11-16)22-7-14-8-23-27(19,24-9-14)25-10-14/h3-4,11H,1,5-10H2,2H3. The topological polar surface area (TPSA) is 124 Å². The smallest absolute Gasteiger partial charge is 0.460 e. The van der Waals surface area contributed by atoms with E-state index in [2.05, 4.69) is 11.6 Å². The summed E-state index contributed by atoms with van der Waals surface area (Å²) < 4.78 is 57.3. The molecule has 27 heavy (non-hydrogen) atoms. The Morgan fingerprint density at radius 2 is 1.96 bits per heavy atom. The number of rotatable bonds is 9. The maximum Gasteiger partial charge on any atom is 0.474 e. The molecule has 1 aromatic heterocycles. The van der Waals surface area contributed by atoms with Gasteiger partial charge in [-0.05, 0) is 6.92 Å². The van der Waals surface area contributed by atoms with Crippen molar-refractivity contribution in [3.05, 3.63) is 30.9 Å². The minimum atomic E-state index is -3.82. The van der Waals surface area contributed by atoms with Crippen molar-refractivity contribution < 1.29 is 41.3 Å². The van der Waals surface area contributed by atoms with Crippen LogP contribution in [0.3, 0.4) is 0 Å². The average molecular weight is 422 g/mol. The van der Waals surface area contributed by atoms with Crippen molar-refractivity contribution in [2.75, 3.05) is 39.6 Å². The molecule has 0 aromatic carbocycles. The van der Waals surface area contributed by atoms with Crippen LogP contribution in [0.4, 0.5) is 0 Å². The number of carbonyl (C=O) groups is 1. The van der Waals surface area contributed by atoms with Crippen LogP contribution in [0.1, 0.15) is 6.92 Å². The lowest BCUT2D eigenvalue weighted by molar-refractivity contribution is -0.139. The monoisotopic (exact) mass is 422 g/mol. The third-order valence-corrected chi connectivity index (χ3v) is 6.92. The van der Waals surface area contributed by atoms with Crippen LogP contribution in [0.5, 0.6) is 0 Å². The van der Waals surface area contributed by atoms with Gasteiger partial charge in [0.25, 0.3) is 0 Å². The molecule has 3 saturated heterocycles. The molecule has 1 atom stereocenters. The second-order valence-corrected chi connectivity index (χ2v) is 9.79. The lowest BCUT2D eigenvalue weighted by atomic mass is 9.93. The summed E-state index contributed by atoms with van der Waals surface area (Å²) in [6.45, 7) is 4.86. The third-order valence-electron chi connectivity index (χ3n) is 3.81. The summed E-state index contributed by atoms with van der Waals surface area (Å²) in [5.74, 6) is -0.573. The van der Waals surface area contributed by atoms with Crippen LogP contribution in [0.15, 0.2) is 30.9 Å². The Balaban J connectivity index is 1.60. The molecule has 150 valence electrons. The molecule has 0 N–H and O–H groups in total. The number of ether oxygens (including phenoxy) is 1. The summed E-state index contributed by atoms with van der Waals surface area (Å²) in [6, 6.07) is 0. The molecular weight excluding hydrogens is 402 g/mol. The maximum absolute atomic E-state index is 13.2. The number of phosphoric ester groups is 1. The van der Waals surface area contributed by atoms with Gasteiger partial charge < -0.3 is 4.74 Å². The first kappa shape index (κ1) is 20.4. The van der Waals surface area contributed by atoms with E-state index >= 15 is 0 Å². The highest BCUT2D eigenvalue weighted by Crippen LogP contribution is 2.61. The summed E-state index contributed by atoms with van der Waals surface area (Å²) in [4.78, 5) is 15.2. The molecule has 0 spiro atoms. The quantitative estimate of drug-likeness (QED) is 0.253. The van der Waals surface area contributed by atoms with Crippen LogP contribution < -0.4 is 0 Å². The van der Waals surface area contributed by atoms with Crippen molar-refractivity contribution in [1.82, 2.24) is 9.32 Å². The number of hydrogen-bond donors (Lipinski definition) is 0. The van der Waals surface area contributed by atoms with E-state index in [1.807, 2.05) is 0 Å². The summed E-state index contributed by atoms with van der Waals surface area (Å²) in [6.07, 6.45) is 4.14. The molecular formula is C14H20N2O9P2. The van der Waals surface area contributed by atoms with Gasteiger partial charge in [0.1, 0.15) is 12.9 Å². The van der Waals surface area contributed by atoms with Crippen molar-refractivity contribution in [2.45, 2.75) is 6.92 Å². The molecule has 3 fully saturated rings. The van der Waals surface area contributed by atoms with Gasteiger partial charge in [0.05, 0.1) is 38.4 Å². The van der Waals surface area contributed by atoms with Gasteiger partial charge in [-0.2, -0.15) is 0 Å². The van der Waals surface area contributed by atoms with Gasteiger partial charge in [0, 0.05) is 18.0 Å². The van der Waals surface area contributed by atoms with Gasteiger partial charge >= 0.3 is 21.5 Å². The molecule has 1 aromatic rings. The summed E-state index contributed by atoms with van der Waals surface area (Å²) in [7, 11) is -7.27. The predicted molar refractivity (Wildman–Crippen MR) is 90.8 cm³/mol. The second-order valence-electron chi connectivity index (χ2n) is 6.20. The van der Waals surface area contributed by atoms with Gasteiger partial charge in [-0.3, -0.25) is 22.6 Å². The van der Waals surface area contributed by atoms with E-state index < -0.39 is 27.0 Å². The van der Waals surface area contributed by atoms with Gasteiger partial charge in [0.2, 0.25) is 0 Å². The molecule has 1 unspecified atom stereocenters. The molecule has 0 saturated carbocycles. The fraction of sp³-hybridized carbons (Fsp3) is 0.571. The number of imidazole rings is 1. The molecule has 3 aliphatic heterocycles. The number of phosphoric acid groups is 1. The lowest BCUT2D eigenvalue weighted by Crippen LogP contribution is -2.47. The minimum Gasteiger partial charge on any atom is -0.460 e. The Bertz CT molecular complexity index is 763. The van der Waals surface area contributed by atoms with Gasteiger partial charge in [0.15, 0.2) is 0 Å². The van der Waals surface area contributed by atoms with Crippen LogP contribution in [0.2, 0.25) is 0 Å². The van der Waals surface area contributed by atoms with E-state index in [0.29, 0.717) is 0 Å². The van der Waals surface area contributed by atoms with Crippen LogP contribution in [-0.2, 0) is 41.3 Å². The highest BCUT2D eigenvalue weighted by atomic mass is 31.2. The first-order valence-corrected chi connectivity index (χ1v) is 11.0. The predicted octanol–water partition coefficient (Wildman–Crippen LogP) is 2.16. The summed E-state index contributed by atoms with van der Waals surface area (Å²) >= 11 is 0. The molecule has 3 aliphatic rings. The Morgan fingerprint density at radius 1 is 1.30 bits per heavy atom. The van der Waals surface area contributed by atoms with Crippen LogP contribution in [0.25, 0.3) is 0 Å². The van der Waals surface area contributed by atoms with Crippen LogP contribution in [0, 0.1) is 5.41 Å². The van der Waals surface area contributed by atoms with E-state index in [0.717, 1.165) is 0 Å². The first-order chi connectivity index (χ1) is 12.8. The summed E-state index contributed by atoms with van der Waals surface area (Å²) in [5.41, 5.74) is -0.506. The fourth-order valence-corrected chi connectivity index (χ4v) is 5.22. The van der Waals surface area contributed by atoms with Crippen molar-refractivity contribution in [3.63, 3.8) is 0 Å². The summed E-state index contributed by atoms with van der Waals surface area (Å²) in [5, 5.41) is 0. The van der Waals surface area contributed by atoms with Gasteiger partial charge in [-0.25, -0.2) is 23.2 Å². The van der Waals surface area contributed by atoms with Crippen molar-refractivity contribution in [2.24, 2.45) is 5.41 Å². The molecule has 4 heterocycles. The molecule has 0 aliphatic carbocycles. The zero-order valence-electron chi connectivity index (χ0n) is 14.6. The van der Waals surface area contributed by atoms with E-state index in [-0.39, 0.29) is 45.2 Å². The van der Waals surface area contributed by atoms with E-state index in [1.165, 1.54) is 30.0 Å². The highest BCUT2D eigenvalue weighted by Gasteiger charge is 2.51. The number of carbonyl (C=O) groups excluding carboxylic acids is 1. The zero-order chi connectivity index (χ0) is 19.5. The van der Waals surface area contributed by atoms with Crippen LogP contribution >= 0.6 is 15.6 Å². The van der Waals surface area contributed by atoms with E-state index in [1.54, 1.807) is 0 Å². The molecule has 13 heteroatoms. The molecule has 0 amide bonds. The SMILES string of the molecule is C=C(C)C(=O)OCCOP(=O)(OCC12COP(=O)(OC1)OC2)n1ccnc1. The molecule has 4 rings (SSSR count). The Morgan fingerprint density at radius 3 is 2.52 bits per heavy atom. The normalized spacial score (nSPS) is 29.2. The van der Waals surface area contributed by atoms with E-state index in [4.69, 9.17) is 27.4 Å². The number of hydrogen-bond acceptors (Lipinski definition) is 10. The maximum atomic E-state index is 13.2.